The van der Waals surface area contributed by atoms with Crippen LogP contribution in [0, 0.1) is 17.8 Å². The molecule has 0 aliphatic carbocycles. The maximum Gasteiger partial charge on any atom is 0.306 e. The zero-order valence-electron chi connectivity index (χ0n) is 37.3. The number of carbonyl (C=O) groups is 4. The maximum absolute atomic E-state index is 14.4. The smallest absolute Gasteiger partial charge is 0.306 e. The molecule has 5 aliphatic heterocycles. The molecule has 4 saturated heterocycles. The highest BCUT2D eigenvalue weighted by molar-refractivity contribution is 6.07. The second-order valence-electron chi connectivity index (χ2n) is 18.3. The number of esters is 1. The Kier molecular flexibility index (Phi) is 12.8. The minimum absolute atomic E-state index is 0.0175. The van der Waals surface area contributed by atoms with E-state index in [2.05, 4.69) is 65.5 Å². The highest BCUT2D eigenvalue weighted by atomic mass is 16.5. The number of imidazole rings is 2. The minimum atomic E-state index is -0.590. The number of aromatic amines is 2. The lowest BCUT2D eigenvalue weighted by Crippen LogP contribution is -2.54. The summed E-state index contributed by atoms with van der Waals surface area (Å²) in [5.41, 5.74) is 8.69. The molecule has 7 heterocycles. The number of ether oxygens (including phenoxy) is 3. The number of H-pyrrole nitrogens is 2. The number of likely N-dealkylation sites (tertiary alicyclic amines) is 2. The lowest BCUT2D eigenvalue weighted by atomic mass is 9.82. The second-order valence-corrected chi connectivity index (χ2v) is 18.3. The van der Waals surface area contributed by atoms with Crippen molar-refractivity contribution in [3.8, 4) is 22.4 Å². The number of nitrogens with one attached hydrogen (secondary N) is 3. The molecule has 3 N–H and O–H groups in total. The van der Waals surface area contributed by atoms with Crippen LogP contribution in [-0.4, -0.2) is 117 Å². The number of benzene rings is 2. The topological polar surface area (TPSA) is 184 Å². The van der Waals surface area contributed by atoms with Gasteiger partial charge in [-0.2, -0.15) is 0 Å². The summed E-state index contributed by atoms with van der Waals surface area (Å²) in [7, 11) is 1.38. The van der Waals surface area contributed by atoms with Crippen molar-refractivity contribution in [1.29, 1.82) is 0 Å². The summed E-state index contributed by atoms with van der Waals surface area (Å²) in [5, 5.41) is 2.97. The van der Waals surface area contributed by atoms with Gasteiger partial charge >= 0.3 is 5.97 Å². The van der Waals surface area contributed by atoms with Crippen molar-refractivity contribution in [2.45, 2.75) is 115 Å². The fourth-order valence-corrected chi connectivity index (χ4v) is 11.0. The molecule has 4 aromatic rings. The second kappa shape index (κ2) is 18.8. The first kappa shape index (κ1) is 43.6. The zero-order valence-corrected chi connectivity index (χ0v) is 37.3. The van der Waals surface area contributed by atoms with Crippen LogP contribution in [0.15, 0.2) is 60.1 Å². The average molecular weight is 873 g/mol. The Morgan fingerprint density at radius 3 is 2.12 bits per heavy atom. The highest BCUT2D eigenvalue weighted by Gasteiger charge is 2.45. The van der Waals surface area contributed by atoms with E-state index in [0.29, 0.717) is 32.8 Å². The highest BCUT2D eigenvalue weighted by Crippen LogP contribution is 2.41. The molecule has 9 rings (SSSR count). The standard InChI is InChI=1S/C49H60N8O7/c1-28-5-13-41(56(28)48(60)38(24-43(59)62-4)32-15-19-63-20-16-32)39-23-35(25-50-39)37-12-11-36(45-46(37)53-27-52-45)31-7-9-33(10-8-31)40-26-51-47(55-40)42-14-6-29(2)57(42)49(61)44(54-30(3)58)34-17-21-64-22-18-34/h7-12,25-29,32,34,38,41-42,44H,5-6,13-24H2,1-4H3,(H,51,55)(H,52,53)(H,54,58)/t28-,29-,38-,41-,42-,44-/m0/s1. The summed E-state index contributed by atoms with van der Waals surface area (Å²) >= 11 is 0. The van der Waals surface area contributed by atoms with Crippen LogP contribution in [-0.2, 0) is 33.4 Å². The average Bonchev–Trinajstić information content (AvgIpc) is 4.18. The number of nitrogens with zero attached hydrogens (tertiary/aromatic N) is 5. The van der Waals surface area contributed by atoms with Gasteiger partial charge in [0.05, 0.1) is 60.8 Å². The molecule has 0 bridgehead atoms. The van der Waals surface area contributed by atoms with Crippen molar-refractivity contribution in [3.63, 3.8) is 0 Å². The third-order valence-electron chi connectivity index (χ3n) is 14.5. The van der Waals surface area contributed by atoms with Crippen molar-refractivity contribution >= 4 is 46.0 Å². The third-order valence-corrected chi connectivity index (χ3v) is 14.5. The van der Waals surface area contributed by atoms with Crippen molar-refractivity contribution in [3.05, 3.63) is 66.5 Å². The molecule has 5 aliphatic rings. The molecule has 0 spiro atoms. The molecule has 2 aromatic carbocycles. The quantitative estimate of drug-likeness (QED) is 0.129. The first-order valence-corrected chi connectivity index (χ1v) is 23.1. The summed E-state index contributed by atoms with van der Waals surface area (Å²) in [4.78, 5) is 78.8. The zero-order chi connectivity index (χ0) is 44.5. The number of amides is 3. The number of methoxy groups -OCH3 is 1. The first-order valence-electron chi connectivity index (χ1n) is 23.1. The van der Waals surface area contributed by atoms with E-state index in [9.17, 15) is 19.2 Å². The van der Waals surface area contributed by atoms with E-state index in [1.165, 1.54) is 14.0 Å². The molecular weight excluding hydrogens is 813 g/mol. The van der Waals surface area contributed by atoms with Crippen LogP contribution in [0.3, 0.4) is 0 Å². The van der Waals surface area contributed by atoms with Gasteiger partial charge in [-0.3, -0.25) is 24.2 Å². The summed E-state index contributed by atoms with van der Waals surface area (Å²) in [6.45, 7) is 8.01. The van der Waals surface area contributed by atoms with Crippen LogP contribution in [0.1, 0.15) is 102 Å². The molecule has 0 radical (unpaired) electrons. The Balaban J connectivity index is 0.889. The van der Waals surface area contributed by atoms with Crippen molar-refractivity contribution < 1.29 is 33.4 Å². The van der Waals surface area contributed by atoms with Gasteiger partial charge in [0.25, 0.3) is 0 Å². The Bertz CT molecular complexity index is 2430. The molecule has 64 heavy (non-hydrogen) atoms. The van der Waals surface area contributed by atoms with E-state index in [1.807, 2.05) is 22.2 Å². The van der Waals surface area contributed by atoms with Gasteiger partial charge in [0.2, 0.25) is 17.7 Å². The minimum Gasteiger partial charge on any atom is -0.469 e. The van der Waals surface area contributed by atoms with Gasteiger partial charge in [-0.05, 0) is 93.7 Å². The van der Waals surface area contributed by atoms with Crippen LogP contribution in [0.5, 0.6) is 0 Å². The van der Waals surface area contributed by atoms with Crippen LogP contribution < -0.4 is 5.32 Å². The van der Waals surface area contributed by atoms with Gasteiger partial charge in [0.1, 0.15) is 11.9 Å². The fourth-order valence-electron chi connectivity index (χ4n) is 11.0. The summed E-state index contributed by atoms with van der Waals surface area (Å²) in [6, 6.07) is 11.7. The third kappa shape index (κ3) is 8.63. The van der Waals surface area contributed by atoms with Crippen LogP contribution in [0.4, 0.5) is 0 Å². The number of aromatic nitrogens is 4. The van der Waals surface area contributed by atoms with Crippen molar-refractivity contribution in [2.24, 2.45) is 22.7 Å². The van der Waals surface area contributed by atoms with Crippen LogP contribution in [0.25, 0.3) is 39.0 Å². The molecule has 15 heteroatoms. The van der Waals surface area contributed by atoms with E-state index >= 15 is 0 Å². The number of fused-ring (bicyclic) bond motifs is 1. The fraction of sp³-hybridized carbons (Fsp3) is 0.531. The normalized spacial score (nSPS) is 24.1. The SMILES string of the molecule is COC(=O)C[C@H](C(=O)N1[C@@H](C)CC[C@H]1C1=NC=C(c2ccc(-c3ccc(-c4cnc([C@@H]5CC[C@H](C)N5C(=O)[C@@H](NC(C)=O)C5CCOCC5)[nH]4)cc3)c3nc[nH]c23)C1)C1CCOCC1. The van der Waals surface area contributed by atoms with Crippen LogP contribution >= 0.6 is 0 Å². The molecule has 338 valence electrons. The van der Waals surface area contributed by atoms with E-state index in [0.717, 1.165) is 107 Å². The summed E-state index contributed by atoms with van der Waals surface area (Å²) < 4.78 is 16.2. The van der Waals surface area contributed by atoms with E-state index in [-0.39, 0.29) is 66.1 Å². The number of hydrogen-bond donors (Lipinski definition) is 3. The molecule has 3 amide bonds. The molecule has 6 atom stereocenters. The van der Waals surface area contributed by atoms with E-state index < -0.39 is 12.0 Å². The predicted octanol–water partition coefficient (Wildman–Crippen LogP) is 6.77. The summed E-state index contributed by atoms with van der Waals surface area (Å²) in [5.74, 6) is -0.199. The van der Waals surface area contributed by atoms with E-state index in [1.54, 1.807) is 6.33 Å². The number of allylic oxidation sites excluding steroid dienone is 1. The molecule has 0 saturated carbocycles. The first-order chi connectivity index (χ1) is 31.1. The van der Waals surface area contributed by atoms with Gasteiger partial charge in [-0.1, -0.05) is 36.4 Å². The Labute approximate surface area is 373 Å². The largest absolute Gasteiger partial charge is 0.469 e. The van der Waals surface area contributed by atoms with Gasteiger partial charge in [0, 0.05) is 74.9 Å². The Morgan fingerprint density at radius 2 is 1.44 bits per heavy atom. The van der Waals surface area contributed by atoms with Crippen LogP contribution in [0.2, 0.25) is 0 Å². The number of carbonyl (C=O) groups excluding carboxylic acids is 4. The molecule has 4 fully saturated rings. The number of rotatable bonds is 12. The van der Waals surface area contributed by atoms with Gasteiger partial charge < -0.3 is 39.3 Å². The van der Waals surface area contributed by atoms with Crippen molar-refractivity contribution in [2.75, 3.05) is 33.5 Å². The predicted molar refractivity (Wildman–Crippen MR) is 242 cm³/mol. The number of aliphatic imine (C=N–C) groups is 1. The Morgan fingerprint density at radius 1 is 0.797 bits per heavy atom. The molecule has 0 unspecified atom stereocenters. The monoisotopic (exact) mass is 872 g/mol. The van der Waals surface area contributed by atoms with Crippen molar-refractivity contribution in [1.82, 2.24) is 35.1 Å². The van der Waals surface area contributed by atoms with Gasteiger partial charge in [-0.25, -0.2) is 9.97 Å². The molecule has 15 nitrogen and oxygen atoms in total. The molecule has 2 aromatic heterocycles. The van der Waals surface area contributed by atoms with E-state index in [4.69, 9.17) is 29.2 Å². The maximum atomic E-state index is 14.4. The van der Waals surface area contributed by atoms with Gasteiger partial charge in [0.15, 0.2) is 0 Å². The summed E-state index contributed by atoms with van der Waals surface area (Å²) in [6.07, 6.45) is 12.5. The van der Waals surface area contributed by atoms with Gasteiger partial charge in [-0.15, -0.1) is 0 Å². The Hall–Kier alpha value is -5.67. The molecular formula is C49H60N8O7. The lowest BCUT2D eigenvalue weighted by Gasteiger charge is -2.36. The lowest BCUT2D eigenvalue weighted by molar-refractivity contribution is -0.150. The number of hydrogen-bond acceptors (Lipinski definition) is 10.